The number of aromatic nitrogens is 4. The zero-order chi connectivity index (χ0) is 17.4. The van der Waals surface area contributed by atoms with Crippen LogP contribution in [0.25, 0.3) is 11.2 Å². The predicted molar refractivity (Wildman–Crippen MR) is 82.4 cm³/mol. The Morgan fingerprint density at radius 1 is 1.33 bits per heavy atom. The van der Waals surface area contributed by atoms with Crippen molar-refractivity contribution in [3.8, 4) is 0 Å². The Labute approximate surface area is 136 Å². The first kappa shape index (κ1) is 16.5. The Morgan fingerprint density at radius 3 is 2.71 bits per heavy atom. The largest absolute Gasteiger partial charge is 0.394 e. The van der Waals surface area contributed by atoms with Crippen LogP contribution < -0.4 is 5.56 Å². The minimum Gasteiger partial charge on any atom is -0.394 e. The predicted octanol–water partition coefficient (Wildman–Crippen LogP) is -2.44. The van der Waals surface area contributed by atoms with Gasteiger partial charge >= 0.3 is 5.56 Å². The molecule has 0 unspecified atom stereocenters. The third kappa shape index (κ3) is 2.67. The Bertz CT molecular complexity index is 815. The summed E-state index contributed by atoms with van der Waals surface area (Å²) in [5, 5.41) is 33.0. The first-order valence-electron chi connectivity index (χ1n) is 7.21. The van der Waals surface area contributed by atoms with Crippen LogP contribution in [0, 0.1) is 0 Å². The number of ether oxygens (including phenoxy) is 1. The lowest BCUT2D eigenvalue weighted by Crippen LogP contribution is -2.33. The van der Waals surface area contributed by atoms with Gasteiger partial charge in [0.25, 0.3) is 0 Å². The van der Waals surface area contributed by atoms with Crippen molar-refractivity contribution >= 4 is 17.5 Å². The molecule has 0 saturated carbocycles. The van der Waals surface area contributed by atoms with E-state index >= 15 is 0 Å². The molecule has 130 valence electrons. The van der Waals surface area contributed by atoms with Crippen molar-refractivity contribution < 1.29 is 20.1 Å². The molecule has 11 nitrogen and oxygen atoms in total. The number of nitrogens with zero attached hydrogens (tertiary/aromatic N) is 6. The number of aliphatic hydroxyl groups is 3. The molecule has 11 heteroatoms. The molecule has 3 N–H and O–H groups in total. The van der Waals surface area contributed by atoms with Crippen molar-refractivity contribution in [2.75, 3.05) is 20.7 Å². The van der Waals surface area contributed by atoms with Crippen molar-refractivity contribution in [3.05, 3.63) is 23.0 Å². The van der Waals surface area contributed by atoms with Gasteiger partial charge < -0.3 is 25.0 Å². The van der Waals surface area contributed by atoms with Crippen molar-refractivity contribution in [2.24, 2.45) is 5.10 Å². The van der Waals surface area contributed by atoms with E-state index in [1.54, 1.807) is 19.0 Å². The highest BCUT2D eigenvalue weighted by atomic mass is 16.6. The summed E-state index contributed by atoms with van der Waals surface area (Å²) in [6.45, 7) is -0.444. The second kappa shape index (κ2) is 6.28. The van der Waals surface area contributed by atoms with E-state index in [0.717, 1.165) is 4.68 Å². The fourth-order valence-corrected chi connectivity index (χ4v) is 2.44. The highest BCUT2D eigenvalue weighted by Crippen LogP contribution is 2.30. The van der Waals surface area contributed by atoms with E-state index in [1.807, 2.05) is 0 Å². The average molecular weight is 338 g/mol. The molecule has 4 atom stereocenters. The van der Waals surface area contributed by atoms with Crippen LogP contribution in [0.2, 0.25) is 0 Å². The molecule has 2 aromatic heterocycles. The van der Waals surface area contributed by atoms with Crippen LogP contribution in [0.4, 0.5) is 0 Å². The van der Waals surface area contributed by atoms with Gasteiger partial charge in [-0.25, -0.2) is 9.97 Å². The molecule has 0 aliphatic carbocycles. The molecule has 1 fully saturated rings. The molecular weight excluding hydrogens is 320 g/mol. The normalized spacial score (nSPS) is 27.4. The smallest absolute Gasteiger partial charge is 0.302 e. The molecule has 3 rings (SSSR count). The SMILES string of the molecule is CN(C)/C=N\n1cnc2c(ncn2[C@H]2O[C@@H](CO)[C@@H](O)[C@H]2O)c1=O. The number of hydrogen-bond donors (Lipinski definition) is 3. The molecule has 0 bridgehead atoms. The first-order chi connectivity index (χ1) is 11.4. The van der Waals surface area contributed by atoms with Gasteiger partial charge in [-0.2, -0.15) is 9.78 Å². The molecule has 1 aliphatic rings. The van der Waals surface area contributed by atoms with E-state index in [4.69, 9.17) is 9.84 Å². The monoisotopic (exact) mass is 338 g/mol. The number of fused-ring (bicyclic) bond motifs is 1. The molecule has 1 aliphatic heterocycles. The molecular formula is C13H18N6O5. The maximum atomic E-state index is 12.4. The number of aliphatic hydroxyl groups excluding tert-OH is 3. The topological polar surface area (TPSA) is 138 Å². The summed E-state index contributed by atoms with van der Waals surface area (Å²) in [6.07, 6.45) is -0.498. The molecule has 0 spiro atoms. The third-order valence-corrected chi connectivity index (χ3v) is 3.67. The summed E-state index contributed by atoms with van der Waals surface area (Å²) in [6, 6.07) is 0. The standard InChI is InChI=1S/C13H18N6O5/c1-17(2)6-16-19-5-15-11-8(12(19)23)14-4-18(11)13-10(22)9(21)7(3-20)24-13/h4-7,9-10,13,20-22H,3H2,1-2H3/b16-6-/t7-,9+,10+,13-/m0/s1. The van der Waals surface area contributed by atoms with Gasteiger partial charge in [0.05, 0.1) is 12.9 Å². The van der Waals surface area contributed by atoms with E-state index in [2.05, 4.69) is 15.1 Å². The Kier molecular flexibility index (Phi) is 4.32. The van der Waals surface area contributed by atoms with Crippen LogP contribution in [0.3, 0.4) is 0 Å². The summed E-state index contributed by atoms with van der Waals surface area (Å²) in [5.74, 6) is 0. The summed E-state index contributed by atoms with van der Waals surface area (Å²) in [7, 11) is 3.52. The molecule has 0 amide bonds. The second-order valence-corrected chi connectivity index (χ2v) is 5.64. The average Bonchev–Trinajstić information content (AvgIpc) is 3.09. The minimum atomic E-state index is -1.28. The van der Waals surface area contributed by atoms with Crippen LogP contribution >= 0.6 is 0 Å². The highest BCUT2D eigenvalue weighted by Gasteiger charge is 2.44. The fourth-order valence-electron chi connectivity index (χ4n) is 2.44. The van der Waals surface area contributed by atoms with E-state index in [1.165, 1.54) is 23.6 Å². The summed E-state index contributed by atoms with van der Waals surface area (Å²) < 4.78 is 7.81. The zero-order valence-corrected chi connectivity index (χ0v) is 13.1. The Morgan fingerprint density at radius 2 is 2.08 bits per heavy atom. The van der Waals surface area contributed by atoms with E-state index in [0.29, 0.717) is 0 Å². The third-order valence-electron chi connectivity index (χ3n) is 3.67. The van der Waals surface area contributed by atoms with Crippen LogP contribution in [0.15, 0.2) is 22.6 Å². The van der Waals surface area contributed by atoms with Crippen molar-refractivity contribution in [2.45, 2.75) is 24.5 Å². The molecule has 1 saturated heterocycles. The highest BCUT2D eigenvalue weighted by molar-refractivity contribution is 5.69. The summed E-state index contributed by atoms with van der Waals surface area (Å²) >= 11 is 0. The number of rotatable bonds is 4. The van der Waals surface area contributed by atoms with Gasteiger partial charge in [0.1, 0.15) is 31.0 Å². The molecule has 3 heterocycles. The molecule has 2 aromatic rings. The second-order valence-electron chi connectivity index (χ2n) is 5.64. The van der Waals surface area contributed by atoms with Gasteiger partial charge in [-0.05, 0) is 0 Å². The Balaban J connectivity index is 2.00. The fraction of sp³-hybridized carbons (Fsp3) is 0.538. The van der Waals surface area contributed by atoms with Crippen LogP contribution in [-0.4, -0.2) is 84.8 Å². The summed E-state index contributed by atoms with van der Waals surface area (Å²) in [4.78, 5) is 22.2. The number of hydrogen-bond acceptors (Lipinski definition) is 8. The van der Waals surface area contributed by atoms with E-state index in [-0.39, 0.29) is 11.2 Å². The first-order valence-corrected chi connectivity index (χ1v) is 7.21. The van der Waals surface area contributed by atoms with Crippen LogP contribution in [0.5, 0.6) is 0 Å². The van der Waals surface area contributed by atoms with Gasteiger partial charge in [0, 0.05) is 14.1 Å². The quantitative estimate of drug-likeness (QED) is 0.413. The summed E-state index contributed by atoms with van der Waals surface area (Å²) in [5.41, 5.74) is -0.249. The lowest BCUT2D eigenvalue weighted by molar-refractivity contribution is -0.0511. The maximum absolute atomic E-state index is 12.4. The van der Waals surface area contributed by atoms with Gasteiger partial charge in [0.2, 0.25) is 0 Å². The van der Waals surface area contributed by atoms with Crippen LogP contribution in [0.1, 0.15) is 6.23 Å². The van der Waals surface area contributed by atoms with Crippen molar-refractivity contribution in [1.82, 2.24) is 24.1 Å². The van der Waals surface area contributed by atoms with Crippen LogP contribution in [-0.2, 0) is 4.74 Å². The van der Waals surface area contributed by atoms with Crippen molar-refractivity contribution in [3.63, 3.8) is 0 Å². The lowest BCUT2D eigenvalue weighted by Gasteiger charge is -2.16. The van der Waals surface area contributed by atoms with E-state index < -0.39 is 36.7 Å². The molecule has 0 radical (unpaired) electrons. The van der Waals surface area contributed by atoms with Gasteiger partial charge in [-0.15, -0.1) is 0 Å². The van der Waals surface area contributed by atoms with Gasteiger partial charge in [-0.1, -0.05) is 0 Å². The molecule has 24 heavy (non-hydrogen) atoms. The van der Waals surface area contributed by atoms with Crippen molar-refractivity contribution in [1.29, 1.82) is 0 Å². The Hall–Kier alpha value is -2.34. The maximum Gasteiger partial charge on any atom is 0.302 e. The molecule has 0 aromatic carbocycles. The lowest BCUT2D eigenvalue weighted by atomic mass is 10.1. The minimum absolute atomic E-state index is 0.0474. The number of imidazole rings is 1. The van der Waals surface area contributed by atoms with Gasteiger partial charge in [0.15, 0.2) is 17.4 Å². The van der Waals surface area contributed by atoms with E-state index in [9.17, 15) is 15.0 Å². The zero-order valence-electron chi connectivity index (χ0n) is 13.1. The van der Waals surface area contributed by atoms with Gasteiger partial charge in [-0.3, -0.25) is 9.36 Å².